The number of hydrogen-bond acceptors (Lipinski definition) is 4. The summed E-state index contributed by atoms with van der Waals surface area (Å²) in [4.78, 5) is 16.7. The Labute approximate surface area is 182 Å². The number of benzene rings is 2. The number of thioether (sulfide) groups is 1. The Balaban J connectivity index is 1.70. The van der Waals surface area contributed by atoms with Crippen LogP contribution in [0.15, 0.2) is 53.1 Å². The smallest absolute Gasteiger partial charge is 0.229 e. The molecule has 0 N–H and O–H groups in total. The molecule has 0 spiro atoms. The molecule has 4 rings (SSSR count). The Bertz CT molecular complexity index is 996. The Kier molecular flexibility index (Phi) is 5.48. The Morgan fingerprint density at radius 2 is 1.75 bits per heavy atom. The molecule has 2 aromatic rings. The Morgan fingerprint density at radius 1 is 1.07 bits per heavy atom. The first-order valence-electron chi connectivity index (χ1n) is 8.51. The number of nitrogens with zero attached hydrogens (tertiary/aromatic N) is 3. The third kappa shape index (κ3) is 3.46. The lowest BCUT2D eigenvalue weighted by Crippen LogP contribution is -2.47. The average Bonchev–Trinajstić information content (AvgIpc) is 2.68. The van der Waals surface area contributed by atoms with E-state index < -0.39 is 5.92 Å². The zero-order chi connectivity index (χ0) is 19.8. The van der Waals surface area contributed by atoms with E-state index in [1.54, 1.807) is 23.1 Å². The van der Waals surface area contributed by atoms with Gasteiger partial charge in [-0.2, -0.15) is 5.26 Å². The summed E-state index contributed by atoms with van der Waals surface area (Å²) in [6.07, 6.45) is 0.158. The monoisotopic (exact) mass is 449 g/mol. The number of fused-ring (bicyclic) bond motifs is 1. The van der Waals surface area contributed by atoms with E-state index in [4.69, 9.17) is 34.8 Å². The second-order valence-electron chi connectivity index (χ2n) is 6.48. The van der Waals surface area contributed by atoms with Crippen molar-refractivity contribution in [2.24, 2.45) is 0 Å². The molecule has 0 radical (unpaired) electrons. The largest absolute Gasteiger partial charge is 0.344 e. The summed E-state index contributed by atoms with van der Waals surface area (Å²) in [6, 6.07) is 15.0. The Morgan fingerprint density at radius 3 is 2.39 bits per heavy atom. The van der Waals surface area contributed by atoms with Gasteiger partial charge in [-0.25, -0.2) is 0 Å². The summed E-state index contributed by atoms with van der Waals surface area (Å²) in [6.45, 7) is 0.386. The first-order chi connectivity index (χ1) is 13.5. The van der Waals surface area contributed by atoms with Gasteiger partial charge in [0.2, 0.25) is 5.91 Å². The van der Waals surface area contributed by atoms with Crippen LogP contribution in [0.3, 0.4) is 0 Å². The molecule has 0 unspecified atom stereocenters. The number of anilines is 1. The molecule has 2 aliphatic rings. The van der Waals surface area contributed by atoms with Crippen LogP contribution < -0.4 is 4.90 Å². The fourth-order valence-electron chi connectivity index (χ4n) is 3.47. The van der Waals surface area contributed by atoms with Crippen molar-refractivity contribution >= 4 is 58.2 Å². The van der Waals surface area contributed by atoms with Crippen LogP contribution in [0.5, 0.6) is 0 Å². The highest BCUT2D eigenvalue weighted by atomic mass is 35.5. The van der Waals surface area contributed by atoms with Crippen molar-refractivity contribution in [3.63, 3.8) is 0 Å². The Hall–Kier alpha value is -1.84. The van der Waals surface area contributed by atoms with Crippen LogP contribution in [-0.4, -0.2) is 23.4 Å². The van der Waals surface area contributed by atoms with Crippen molar-refractivity contribution in [3.8, 4) is 6.07 Å². The summed E-state index contributed by atoms with van der Waals surface area (Å²) < 4.78 is 0. The van der Waals surface area contributed by atoms with E-state index in [1.165, 1.54) is 11.8 Å². The van der Waals surface area contributed by atoms with Crippen LogP contribution in [-0.2, 0) is 4.79 Å². The van der Waals surface area contributed by atoms with Gasteiger partial charge in [-0.1, -0.05) is 52.6 Å². The van der Waals surface area contributed by atoms with Gasteiger partial charge in [0.05, 0.1) is 29.2 Å². The minimum atomic E-state index is -0.431. The second kappa shape index (κ2) is 7.88. The van der Waals surface area contributed by atoms with Gasteiger partial charge in [0.15, 0.2) is 0 Å². The summed E-state index contributed by atoms with van der Waals surface area (Å²) in [7, 11) is 0. The maximum Gasteiger partial charge on any atom is 0.229 e. The van der Waals surface area contributed by atoms with E-state index in [0.717, 1.165) is 5.69 Å². The van der Waals surface area contributed by atoms with Gasteiger partial charge in [0.25, 0.3) is 0 Å². The fraction of sp³-hybridized carbons (Fsp3) is 0.200. The van der Waals surface area contributed by atoms with Gasteiger partial charge < -0.3 is 4.90 Å². The first-order valence-corrected chi connectivity index (χ1v) is 10.6. The molecule has 8 heteroatoms. The zero-order valence-corrected chi connectivity index (χ0v) is 17.6. The highest BCUT2D eigenvalue weighted by Gasteiger charge is 2.39. The maximum atomic E-state index is 13.0. The number of nitriles is 1. The van der Waals surface area contributed by atoms with Crippen molar-refractivity contribution in [1.29, 1.82) is 5.26 Å². The standard InChI is InChI=1S/C20H14Cl3N3OS/c21-12-4-6-13(7-5-12)25-10-26-18(27)8-14(15(9-24)20(26)28-11-25)19-16(22)2-1-3-17(19)23/h1-7,14H,8,10-11H2/t14-/m1/s1. The summed E-state index contributed by atoms with van der Waals surface area (Å²) in [5, 5.41) is 12.2. The fourth-order valence-corrected chi connectivity index (χ4v) is 5.42. The molecule has 1 saturated heterocycles. The number of amides is 1. The van der Waals surface area contributed by atoms with Gasteiger partial charge in [-0.15, -0.1) is 0 Å². The summed E-state index contributed by atoms with van der Waals surface area (Å²) in [5.41, 5.74) is 2.15. The van der Waals surface area contributed by atoms with Gasteiger partial charge in [-0.05, 0) is 42.0 Å². The number of rotatable bonds is 2. The average molecular weight is 451 g/mol. The third-order valence-electron chi connectivity index (χ3n) is 4.83. The van der Waals surface area contributed by atoms with E-state index >= 15 is 0 Å². The normalized spacial score (nSPS) is 19.5. The van der Waals surface area contributed by atoms with Crippen molar-refractivity contribution in [2.45, 2.75) is 12.3 Å². The minimum Gasteiger partial charge on any atom is -0.344 e. The predicted octanol–water partition coefficient (Wildman–Crippen LogP) is 5.87. The van der Waals surface area contributed by atoms with E-state index in [1.807, 2.05) is 24.3 Å². The lowest BCUT2D eigenvalue weighted by Gasteiger charge is -2.42. The highest BCUT2D eigenvalue weighted by Crippen LogP contribution is 2.46. The molecule has 2 aromatic carbocycles. The number of carbonyl (C=O) groups excluding carboxylic acids is 1. The lowest BCUT2D eigenvalue weighted by molar-refractivity contribution is -0.129. The molecule has 28 heavy (non-hydrogen) atoms. The van der Waals surface area contributed by atoms with Crippen molar-refractivity contribution in [1.82, 2.24) is 4.90 Å². The predicted molar refractivity (Wildman–Crippen MR) is 115 cm³/mol. The maximum absolute atomic E-state index is 13.0. The van der Waals surface area contributed by atoms with E-state index in [9.17, 15) is 10.1 Å². The van der Waals surface area contributed by atoms with Gasteiger partial charge in [0, 0.05) is 33.1 Å². The summed E-state index contributed by atoms with van der Waals surface area (Å²) >= 11 is 20.2. The number of carbonyl (C=O) groups is 1. The summed E-state index contributed by atoms with van der Waals surface area (Å²) in [5.74, 6) is 0.134. The lowest BCUT2D eigenvalue weighted by atomic mass is 9.86. The third-order valence-corrected chi connectivity index (χ3v) is 6.90. The molecule has 2 heterocycles. The van der Waals surface area contributed by atoms with Crippen LogP contribution >= 0.6 is 46.6 Å². The van der Waals surface area contributed by atoms with E-state index in [-0.39, 0.29) is 12.3 Å². The molecule has 1 amide bonds. The quantitative estimate of drug-likeness (QED) is 0.574. The molecule has 4 nitrogen and oxygen atoms in total. The molecular weight excluding hydrogens is 437 g/mol. The van der Waals surface area contributed by atoms with E-state index in [2.05, 4.69) is 11.0 Å². The van der Waals surface area contributed by atoms with E-state index in [0.29, 0.717) is 43.8 Å². The van der Waals surface area contributed by atoms with Gasteiger partial charge in [-0.3, -0.25) is 9.69 Å². The van der Waals surface area contributed by atoms with Crippen LogP contribution in [0.4, 0.5) is 5.69 Å². The molecule has 1 fully saturated rings. The number of halogens is 3. The van der Waals surface area contributed by atoms with Crippen LogP contribution in [0, 0.1) is 11.3 Å². The molecule has 142 valence electrons. The van der Waals surface area contributed by atoms with Gasteiger partial charge in [0.1, 0.15) is 0 Å². The number of allylic oxidation sites excluding steroid dienone is 1. The SMILES string of the molecule is N#CC1=C2SCN(c3ccc(Cl)cc3)CN2C(=O)C[C@H]1c1c(Cl)cccc1Cl. The molecular formula is C20H14Cl3N3OS. The van der Waals surface area contributed by atoms with Crippen molar-refractivity contribution in [2.75, 3.05) is 17.4 Å². The zero-order valence-electron chi connectivity index (χ0n) is 14.5. The molecule has 0 bridgehead atoms. The van der Waals surface area contributed by atoms with Crippen molar-refractivity contribution in [3.05, 3.63) is 73.7 Å². The van der Waals surface area contributed by atoms with Crippen molar-refractivity contribution < 1.29 is 4.79 Å². The molecule has 2 aliphatic heterocycles. The first kappa shape index (κ1) is 19.5. The highest BCUT2D eigenvalue weighted by molar-refractivity contribution is 8.03. The van der Waals surface area contributed by atoms with Crippen LogP contribution in [0.25, 0.3) is 0 Å². The van der Waals surface area contributed by atoms with Gasteiger partial charge >= 0.3 is 0 Å². The second-order valence-corrected chi connectivity index (χ2v) is 8.66. The number of hydrogen-bond donors (Lipinski definition) is 0. The molecule has 0 saturated carbocycles. The molecule has 0 aromatic heterocycles. The molecule has 1 atom stereocenters. The van der Waals surface area contributed by atoms with Crippen LogP contribution in [0.2, 0.25) is 15.1 Å². The molecule has 0 aliphatic carbocycles. The van der Waals surface area contributed by atoms with Crippen LogP contribution in [0.1, 0.15) is 17.9 Å². The minimum absolute atomic E-state index is 0.0545. The topological polar surface area (TPSA) is 47.3 Å².